The first kappa shape index (κ1) is 15.9. The van der Waals surface area contributed by atoms with E-state index in [0.29, 0.717) is 0 Å². The van der Waals surface area contributed by atoms with E-state index in [0.717, 1.165) is 0 Å². The number of carboxylic acid groups (broad SMARTS) is 2. The summed E-state index contributed by atoms with van der Waals surface area (Å²) < 4.78 is -0.0855. The van der Waals surface area contributed by atoms with Gasteiger partial charge in [0.1, 0.15) is 17.4 Å². The van der Waals surface area contributed by atoms with E-state index in [1.807, 2.05) is 0 Å². The Hall–Kier alpha value is -1.14. The largest absolute Gasteiger partial charge is 0.544 e. The van der Waals surface area contributed by atoms with Gasteiger partial charge in [-0.15, -0.1) is 0 Å². The fourth-order valence-electron chi connectivity index (χ4n) is 2.36. The summed E-state index contributed by atoms with van der Waals surface area (Å²) >= 11 is 0. The summed E-state index contributed by atoms with van der Waals surface area (Å²) in [7, 11) is 4.76. The molecule has 0 aromatic carbocycles. The van der Waals surface area contributed by atoms with Crippen molar-refractivity contribution in [1.82, 2.24) is 0 Å². The van der Waals surface area contributed by atoms with Crippen LogP contribution in [0.1, 0.15) is 20.3 Å². The van der Waals surface area contributed by atoms with Crippen molar-refractivity contribution in [2.75, 3.05) is 21.1 Å². The molecule has 0 amide bonds. The number of carbonyl (C=O) groups is 2. The van der Waals surface area contributed by atoms with Gasteiger partial charge in [0, 0.05) is 0 Å². The molecule has 0 saturated heterocycles. The van der Waals surface area contributed by atoms with Gasteiger partial charge in [0.25, 0.3) is 0 Å². The smallest absolute Gasteiger partial charge is 0.315 e. The highest BCUT2D eigenvalue weighted by Gasteiger charge is 2.50. The summed E-state index contributed by atoms with van der Waals surface area (Å²) in [6.45, 7) is 2.76. The molecule has 0 radical (unpaired) electrons. The first-order valence-electron chi connectivity index (χ1n) is 5.36. The van der Waals surface area contributed by atoms with E-state index in [2.05, 4.69) is 0 Å². The lowest BCUT2D eigenvalue weighted by Gasteiger charge is -2.43. The third kappa shape index (κ3) is 3.67. The Bertz CT molecular complexity index is 307. The Morgan fingerprint density at radius 3 is 1.94 bits per heavy atom. The Labute approximate surface area is 101 Å². The van der Waals surface area contributed by atoms with Crippen LogP contribution in [0.15, 0.2) is 0 Å². The van der Waals surface area contributed by atoms with Crippen molar-refractivity contribution in [2.45, 2.75) is 32.4 Å². The lowest BCUT2D eigenvalue weighted by molar-refractivity contribution is -0.895. The molecule has 0 spiro atoms. The number of nitrogens with zero attached hydrogens (tertiary/aromatic N) is 1. The predicted molar refractivity (Wildman–Crippen MR) is 58.9 cm³/mol. The Morgan fingerprint density at radius 1 is 1.35 bits per heavy atom. The average Bonchev–Trinajstić information content (AvgIpc) is 1.96. The van der Waals surface area contributed by atoms with Crippen LogP contribution in [-0.4, -0.2) is 59.9 Å². The van der Waals surface area contributed by atoms with Crippen molar-refractivity contribution < 1.29 is 29.4 Å². The van der Waals surface area contributed by atoms with Gasteiger partial charge in [-0.2, -0.15) is 0 Å². The van der Waals surface area contributed by atoms with Crippen LogP contribution in [0, 0.1) is 5.41 Å². The molecule has 3 atom stereocenters. The van der Waals surface area contributed by atoms with Crippen LogP contribution in [0.3, 0.4) is 0 Å². The van der Waals surface area contributed by atoms with Crippen LogP contribution in [0.4, 0.5) is 0 Å². The molecular weight excluding hydrogens is 226 g/mol. The number of likely N-dealkylation sites (N-methyl/N-ethyl adjacent to an activating group) is 1. The first-order chi connectivity index (χ1) is 7.43. The Morgan fingerprint density at radius 2 is 1.76 bits per heavy atom. The van der Waals surface area contributed by atoms with E-state index in [4.69, 9.17) is 0 Å². The second kappa shape index (κ2) is 5.01. The summed E-state index contributed by atoms with van der Waals surface area (Å²) in [5.74, 6) is -2.68. The van der Waals surface area contributed by atoms with Crippen molar-refractivity contribution in [2.24, 2.45) is 5.41 Å². The maximum atomic E-state index is 11.3. The molecule has 6 heteroatoms. The van der Waals surface area contributed by atoms with Crippen molar-refractivity contribution in [3.8, 4) is 0 Å². The average molecular weight is 247 g/mol. The van der Waals surface area contributed by atoms with Crippen LogP contribution < -0.4 is 5.11 Å². The monoisotopic (exact) mass is 247 g/mol. The molecule has 0 aliphatic heterocycles. The maximum absolute atomic E-state index is 11.3. The normalized spacial score (nSPS) is 19.2. The predicted octanol–water partition coefficient (Wildman–Crippen LogP) is -1.33. The number of carboxylic acids is 2. The molecule has 3 unspecified atom stereocenters. The molecule has 0 aromatic heterocycles. The summed E-state index contributed by atoms with van der Waals surface area (Å²) in [5.41, 5.74) is -1.58. The van der Waals surface area contributed by atoms with Crippen LogP contribution in [0.5, 0.6) is 0 Å². The molecule has 6 nitrogen and oxygen atoms in total. The molecule has 0 heterocycles. The summed E-state index contributed by atoms with van der Waals surface area (Å²) in [6, 6.07) is -1.24. The molecule has 0 bridgehead atoms. The second-order valence-corrected chi connectivity index (χ2v) is 5.61. The Balaban J connectivity index is 5.55. The third-order valence-corrected chi connectivity index (χ3v) is 2.81. The van der Waals surface area contributed by atoms with Gasteiger partial charge < -0.3 is 24.6 Å². The van der Waals surface area contributed by atoms with Gasteiger partial charge in [-0.25, -0.2) is 0 Å². The minimum absolute atomic E-state index is 0.0855. The number of rotatable bonds is 6. The van der Waals surface area contributed by atoms with Gasteiger partial charge >= 0.3 is 5.97 Å². The number of carbonyl (C=O) groups excluding carboxylic acids is 1. The van der Waals surface area contributed by atoms with Gasteiger partial charge in [-0.3, -0.25) is 4.79 Å². The number of hydrogen-bond donors (Lipinski definition) is 2. The third-order valence-electron chi connectivity index (χ3n) is 2.81. The number of aliphatic hydroxyl groups is 1. The standard InChI is InChI=1S/C11H21NO5/c1-7(13)6-11(2,10(16)17)8(9(14)15)12(3,4)5/h7-8,13H,6H2,1-5H3,(H-,14,15,16,17). The van der Waals surface area contributed by atoms with E-state index in [9.17, 15) is 24.9 Å². The van der Waals surface area contributed by atoms with Gasteiger partial charge in [-0.1, -0.05) is 0 Å². The van der Waals surface area contributed by atoms with Crippen LogP contribution in [0.2, 0.25) is 0 Å². The quantitative estimate of drug-likeness (QED) is 0.567. The molecule has 0 fully saturated rings. The highest BCUT2D eigenvalue weighted by molar-refractivity contribution is 5.83. The molecule has 0 aromatic rings. The minimum Gasteiger partial charge on any atom is -0.544 e. The zero-order valence-corrected chi connectivity index (χ0v) is 10.9. The van der Waals surface area contributed by atoms with Gasteiger partial charge in [-0.05, 0) is 20.3 Å². The number of quaternary nitrogens is 1. The highest BCUT2D eigenvalue weighted by Crippen LogP contribution is 2.33. The minimum atomic E-state index is -1.58. The fraction of sp³-hybridized carbons (Fsp3) is 0.818. The molecule has 17 heavy (non-hydrogen) atoms. The molecule has 0 aliphatic rings. The summed E-state index contributed by atoms with van der Waals surface area (Å²) in [4.78, 5) is 22.5. The lowest BCUT2D eigenvalue weighted by Crippen LogP contribution is -2.64. The summed E-state index contributed by atoms with van der Waals surface area (Å²) in [5, 5.41) is 29.8. The topological polar surface area (TPSA) is 97.7 Å². The lowest BCUT2D eigenvalue weighted by atomic mass is 9.76. The maximum Gasteiger partial charge on any atom is 0.315 e. The van der Waals surface area contributed by atoms with E-state index >= 15 is 0 Å². The zero-order valence-electron chi connectivity index (χ0n) is 10.9. The van der Waals surface area contributed by atoms with E-state index in [1.165, 1.54) is 13.8 Å². The molecular formula is C11H21NO5. The zero-order chi connectivity index (χ0) is 14.0. The highest BCUT2D eigenvalue weighted by atomic mass is 16.4. The van der Waals surface area contributed by atoms with Crippen molar-refractivity contribution >= 4 is 11.9 Å². The van der Waals surface area contributed by atoms with Crippen LogP contribution in [-0.2, 0) is 9.59 Å². The van der Waals surface area contributed by atoms with Gasteiger partial charge in [0.15, 0.2) is 0 Å². The van der Waals surface area contributed by atoms with E-state index in [1.54, 1.807) is 21.1 Å². The number of aliphatic carboxylic acids is 2. The van der Waals surface area contributed by atoms with Gasteiger partial charge in [0.2, 0.25) is 0 Å². The first-order valence-corrected chi connectivity index (χ1v) is 5.36. The van der Waals surface area contributed by atoms with Gasteiger partial charge in [0.05, 0.1) is 27.2 Å². The van der Waals surface area contributed by atoms with Crippen LogP contribution >= 0.6 is 0 Å². The van der Waals surface area contributed by atoms with Crippen molar-refractivity contribution in [1.29, 1.82) is 0 Å². The SMILES string of the molecule is CC(O)CC(C)(C(=O)O)C(C(=O)[O-])[N+](C)(C)C. The van der Waals surface area contributed by atoms with E-state index in [-0.39, 0.29) is 10.9 Å². The molecule has 0 aliphatic carbocycles. The van der Waals surface area contributed by atoms with Crippen molar-refractivity contribution in [3.63, 3.8) is 0 Å². The molecule has 0 saturated carbocycles. The van der Waals surface area contributed by atoms with Crippen LogP contribution in [0.25, 0.3) is 0 Å². The molecule has 2 N–H and O–H groups in total. The number of hydrogen-bond acceptors (Lipinski definition) is 4. The van der Waals surface area contributed by atoms with Crippen molar-refractivity contribution in [3.05, 3.63) is 0 Å². The summed E-state index contributed by atoms with van der Waals surface area (Å²) in [6.07, 6.45) is -1.04. The molecule has 0 rings (SSSR count). The molecule has 100 valence electrons. The van der Waals surface area contributed by atoms with E-state index < -0.39 is 29.5 Å². The number of aliphatic hydroxyl groups excluding tert-OH is 1. The second-order valence-electron chi connectivity index (χ2n) is 5.61. The Kier molecular flexibility index (Phi) is 4.68. The fourth-order valence-corrected chi connectivity index (χ4v) is 2.36.